The van der Waals surface area contributed by atoms with E-state index in [1.54, 1.807) is 26.0 Å². The van der Waals surface area contributed by atoms with E-state index < -0.39 is 11.3 Å². The van der Waals surface area contributed by atoms with E-state index in [4.69, 9.17) is 11.0 Å². The lowest BCUT2D eigenvalue weighted by molar-refractivity contribution is 0.0995. The molecule has 0 atom stereocenters. The van der Waals surface area contributed by atoms with E-state index in [-0.39, 0.29) is 5.69 Å². The number of carbonyl (C=O) groups is 1. The van der Waals surface area contributed by atoms with Crippen molar-refractivity contribution in [2.45, 2.75) is 19.3 Å². The molecule has 0 unspecified atom stereocenters. The number of hydrogen-bond donors (Lipinski definition) is 1. The Bertz CT molecular complexity index is 404. The molecule has 1 heterocycles. The minimum absolute atomic E-state index is 0.186. The number of nitriles is 1. The number of nitrogens with two attached hydrogens (primary N) is 1. The third kappa shape index (κ3) is 1.88. The van der Waals surface area contributed by atoms with Crippen LogP contribution in [0.15, 0.2) is 18.3 Å². The summed E-state index contributed by atoms with van der Waals surface area (Å²) in [6, 6.07) is 5.40. The van der Waals surface area contributed by atoms with Crippen LogP contribution in [0.25, 0.3) is 0 Å². The average molecular weight is 189 g/mol. The fourth-order valence-corrected chi connectivity index (χ4v) is 1.02. The van der Waals surface area contributed by atoms with Gasteiger partial charge in [0.05, 0.1) is 11.5 Å². The van der Waals surface area contributed by atoms with Gasteiger partial charge < -0.3 is 5.73 Å². The number of carbonyl (C=O) groups excluding carboxylic acids is 1. The molecule has 72 valence electrons. The van der Waals surface area contributed by atoms with Gasteiger partial charge in [-0.1, -0.05) is 0 Å². The predicted octanol–water partition coefficient (Wildman–Crippen LogP) is 0.982. The maximum absolute atomic E-state index is 10.8. The van der Waals surface area contributed by atoms with Crippen molar-refractivity contribution >= 4 is 5.91 Å². The molecule has 0 aliphatic carbocycles. The fraction of sp³-hybridized carbons (Fsp3) is 0.300. The molecule has 1 aromatic heterocycles. The minimum atomic E-state index is -0.632. The molecule has 2 N–H and O–H groups in total. The van der Waals surface area contributed by atoms with E-state index in [0.717, 1.165) is 5.56 Å². The lowest BCUT2D eigenvalue weighted by Gasteiger charge is -2.15. The van der Waals surface area contributed by atoms with Gasteiger partial charge in [0.2, 0.25) is 0 Å². The Labute approximate surface area is 82.4 Å². The highest BCUT2D eigenvalue weighted by Crippen LogP contribution is 2.21. The number of rotatable bonds is 2. The van der Waals surface area contributed by atoms with Gasteiger partial charge in [-0.05, 0) is 31.5 Å². The van der Waals surface area contributed by atoms with Crippen molar-refractivity contribution in [3.05, 3.63) is 29.6 Å². The molecular formula is C10H11N3O. The standard InChI is InChI=1S/C10H11N3O/c1-10(2,6-11)7-3-4-13-8(5-7)9(12)14/h3-5H,1-2H3,(H2,12,14). The van der Waals surface area contributed by atoms with Crippen molar-refractivity contribution in [2.75, 3.05) is 0 Å². The van der Waals surface area contributed by atoms with E-state index in [2.05, 4.69) is 11.1 Å². The van der Waals surface area contributed by atoms with Gasteiger partial charge in [0.25, 0.3) is 5.91 Å². The molecule has 0 saturated heterocycles. The number of aromatic nitrogens is 1. The van der Waals surface area contributed by atoms with Crippen LogP contribution in [0.5, 0.6) is 0 Å². The molecule has 0 aliphatic rings. The molecule has 0 radical (unpaired) electrons. The first-order valence-electron chi connectivity index (χ1n) is 4.15. The summed E-state index contributed by atoms with van der Waals surface area (Å²) in [4.78, 5) is 14.6. The molecule has 14 heavy (non-hydrogen) atoms. The Balaban J connectivity index is 3.20. The van der Waals surface area contributed by atoms with Gasteiger partial charge in [-0.3, -0.25) is 9.78 Å². The second kappa shape index (κ2) is 3.46. The summed E-state index contributed by atoms with van der Waals surface area (Å²) in [6.45, 7) is 3.54. The summed E-state index contributed by atoms with van der Waals surface area (Å²) in [7, 11) is 0. The fourth-order valence-electron chi connectivity index (χ4n) is 1.02. The topological polar surface area (TPSA) is 79.8 Å². The summed E-state index contributed by atoms with van der Waals surface area (Å²) >= 11 is 0. The van der Waals surface area contributed by atoms with Crippen LogP contribution in [0, 0.1) is 11.3 Å². The Morgan fingerprint density at radius 3 is 2.79 bits per heavy atom. The number of nitrogens with zero attached hydrogens (tertiary/aromatic N) is 2. The highest BCUT2D eigenvalue weighted by molar-refractivity contribution is 5.90. The van der Waals surface area contributed by atoms with Crippen molar-refractivity contribution < 1.29 is 4.79 Å². The maximum Gasteiger partial charge on any atom is 0.267 e. The molecule has 0 aliphatic heterocycles. The maximum atomic E-state index is 10.8. The van der Waals surface area contributed by atoms with Crippen molar-refractivity contribution in [1.82, 2.24) is 4.98 Å². The van der Waals surface area contributed by atoms with Crippen LogP contribution in [-0.2, 0) is 5.41 Å². The Morgan fingerprint density at radius 2 is 2.29 bits per heavy atom. The number of pyridine rings is 1. The van der Waals surface area contributed by atoms with Crippen LogP contribution in [0.3, 0.4) is 0 Å². The Morgan fingerprint density at radius 1 is 1.64 bits per heavy atom. The van der Waals surface area contributed by atoms with Crippen molar-refractivity contribution in [1.29, 1.82) is 5.26 Å². The number of primary amides is 1. The molecule has 0 fully saturated rings. The van der Waals surface area contributed by atoms with E-state index >= 15 is 0 Å². The van der Waals surface area contributed by atoms with Gasteiger partial charge in [-0.2, -0.15) is 5.26 Å². The molecule has 0 aromatic carbocycles. The van der Waals surface area contributed by atoms with Gasteiger partial charge in [0.15, 0.2) is 0 Å². The van der Waals surface area contributed by atoms with Gasteiger partial charge >= 0.3 is 0 Å². The van der Waals surface area contributed by atoms with Crippen LogP contribution in [0.2, 0.25) is 0 Å². The summed E-state index contributed by atoms with van der Waals surface area (Å²) in [5, 5.41) is 8.89. The quantitative estimate of drug-likeness (QED) is 0.753. The van der Waals surface area contributed by atoms with Gasteiger partial charge in [0, 0.05) is 6.20 Å². The average Bonchev–Trinajstić information content (AvgIpc) is 2.18. The summed E-state index contributed by atoms with van der Waals surface area (Å²) in [6.07, 6.45) is 1.48. The third-order valence-corrected chi connectivity index (χ3v) is 2.01. The largest absolute Gasteiger partial charge is 0.364 e. The van der Waals surface area contributed by atoms with Crippen LogP contribution in [-0.4, -0.2) is 10.9 Å². The highest BCUT2D eigenvalue weighted by atomic mass is 16.1. The van der Waals surface area contributed by atoms with Crippen LogP contribution < -0.4 is 5.73 Å². The van der Waals surface area contributed by atoms with E-state index in [9.17, 15) is 4.79 Å². The number of amides is 1. The van der Waals surface area contributed by atoms with E-state index in [0.29, 0.717) is 0 Å². The molecule has 0 spiro atoms. The lowest BCUT2D eigenvalue weighted by Crippen LogP contribution is -2.18. The molecule has 1 amide bonds. The Kier molecular flexibility index (Phi) is 2.52. The molecule has 4 heteroatoms. The molecule has 0 bridgehead atoms. The zero-order valence-electron chi connectivity index (χ0n) is 8.11. The predicted molar refractivity (Wildman–Crippen MR) is 51.4 cm³/mol. The van der Waals surface area contributed by atoms with Gasteiger partial charge in [-0.15, -0.1) is 0 Å². The highest BCUT2D eigenvalue weighted by Gasteiger charge is 2.20. The van der Waals surface area contributed by atoms with Crippen LogP contribution >= 0.6 is 0 Å². The Hall–Kier alpha value is -1.89. The van der Waals surface area contributed by atoms with Gasteiger partial charge in [0.1, 0.15) is 5.69 Å². The van der Waals surface area contributed by atoms with Crippen molar-refractivity contribution in [3.8, 4) is 6.07 Å². The minimum Gasteiger partial charge on any atom is -0.364 e. The molecule has 4 nitrogen and oxygen atoms in total. The molecule has 1 rings (SSSR count). The van der Waals surface area contributed by atoms with E-state index in [1.807, 2.05) is 0 Å². The first-order chi connectivity index (χ1) is 6.47. The van der Waals surface area contributed by atoms with Crippen LogP contribution in [0.1, 0.15) is 29.9 Å². The van der Waals surface area contributed by atoms with Crippen molar-refractivity contribution in [2.24, 2.45) is 5.73 Å². The first-order valence-corrected chi connectivity index (χ1v) is 4.15. The lowest BCUT2D eigenvalue weighted by atomic mass is 9.86. The normalized spacial score (nSPS) is 10.6. The summed E-state index contributed by atoms with van der Waals surface area (Å²) in [5.74, 6) is -0.583. The third-order valence-electron chi connectivity index (χ3n) is 2.01. The monoisotopic (exact) mass is 189 g/mol. The number of hydrogen-bond acceptors (Lipinski definition) is 3. The second-order valence-electron chi connectivity index (χ2n) is 3.53. The summed E-state index contributed by atoms with van der Waals surface area (Å²) < 4.78 is 0. The molecular weight excluding hydrogens is 178 g/mol. The molecule has 0 saturated carbocycles. The molecule has 1 aromatic rings. The first kappa shape index (κ1) is 10.2. The van der Waals surface area contributed by atoms with Crippen molar-refractivity contribution in [3.63, 3.8) is 0 Å². The SMILES string of the molecule is CC(C)(C#N)c1ccnc(C(N)=O)c1. The second-order valence-corrected chi connectivity index (χ2v) is 3.53. The smallest absolute Gasteiger partial charge is 0.267 e. The zero-order chi connectivity index (χ0) is 10.8. The van der Waals surface area contributed by atoms with Gasteiger partial charge in [-0.25, -0.2) is 0 Å². The van der Waals surface area contributed by atoms with E-state index in [1.165, 1.54) is 6.20 Å². The zero-order valence-corrected chi connectivity index (χ0v) is 8.11. The summed E-state index contributed by atoms with van der Waals surface area (Å²) in [5.41, 5.74) is 5.38. The van der Waals surface area contributed by atoms with Crippen LogP contribution in [0.4, 0.5) is 0 Å².